The summed E-state index contributed by atoms with van der Waals surface area (Å²) in [7, 11) is 0. The van der Waals surface area contributed by atoms with Gasteiger partial charge in [0.2, 0.25) is 5.91 Å². The number of anilines is 1. The number of carbonyl (C=O) groups excluding carboxylic acids is 1. The predicted molar refractivity (Wildman–Crippen MR) is 86.1 cm³/mol. The van der Waals surface area contributed by atoms with Crippen molar-refractivity contribution in [3.63, 3.8) is 0 Å². The first-order chi connectivity index (χ1) is 11.0. The maximum atomic E-state index is 13.9. The number of alkyl halides is 3. The van der Waals surface area contributed by atoms with Gasteiger partial charge in [0.1, 0.15) is 5.82 Å². The molecule has 1 aromatic carbocycles. The SMILES string of the molecule is CCC(c1ccc(F)c(NC(=O)[C@H](N)[C@@H](C)C(F)(F)F)c1)C(C)C. The Hall–Kier alpha value is -1.63. The number of hydrogen-bond donors (Lipinski definition) is 2. The Morgan fingerprint density at radius 3 is 2.29 bits per heavy atom. The zero-order valence-corrected chi connectivity index (χ0v) is 14.2. The summed E-state index contributed by atoms with van der Waals surface area (Å²) in [6.45, 7) is 6.86. The fraction of sp³-hybridized carbons (Fsp3) is 0.588. The minimum absolute atomic E-state index is 0.151. The van der Waals surface area contributed by atoms with E-state index in [9.17, 15) is 22.4 Å². The zero-order chi connectivity index (χ0) is 18.7. The molecule has 7 heteroatoms. The fourth-order valence-corrected chi connectivity index (χ4v) is 2.61. The molecule has 0 spiro atoms. The molecule has 0 radical (unpaired) electrons. The largest absolute Gasteiger partial charge is 0.393 e. The van der Waals surface area contributed by atoms with E-state index in [2.05, 4.69) is 5.32 Å². The molecule has 0 aliphatic heterocycles. The highest BCUT2D eigenvalue weighted by Crippen LogP contribution is 2.31. The van der Waals surface area contributed by atoms with Gasteiger partial charge in [-0.3, -0.25) is 4.79 Å². The van der Waals surface area contributed by atoms with Crippen LogP contribution in [0, 0.1) is 17.7 Å². The van der Waals surface area contributed by atoms with Gasteiger partial charge in [-0.1, -0.05) is 33.8 Å². The van der Waals surface area contributed by atoms with Crippen LogP contribution in [0.25, 0.3) is 0 Å². The summed E-state index contributed by atoms with van der Waals surface area (Å²) in [5.74, 6) is -3.34. The van der Waals surface area contributed by atoms with Gasteiger partial charge in [-0.25, -0.2) is 4.39 Å². The van der Waals surface area contributed by atoms with Crippen LogP contribution in [0.1, 0.15) is 45.6 Å². The lowest BCUT2D eigenvalue weighted by Gasteiger charge is -2.23. The summed E-state index contributed by atoms with van der Waals surface area (Å²) in [5.41, 5.74) is 6.03. The smallest absolute Gasteiger partial charge is 0.322 e. The second-order valence-electron chi connectivity index (χ2n) is 6.34. The number of benzene rings is 1. The molecule has 1 rings (SSSR count). The van der Waals surface area contributed by atoms with E-state index in [1.165, 1.54) is 12.1 Å². The first-order valence-corrected chi connectivity index (χ1v) is 7.91. The molecule has 136 valence electrons. The molecule has 0 bridgehead atoms. The van der Waals surface area contributed by atoms with Crippen LogP contribution in [0.4, 0.5) is 23.2 Å². The third-order valence-electron chi connectivity index (χ3n) is 4.28. The van der Waals surface area contributed by atoms with Crippen molar-refractivity contribution in [2.75, 3.05) is 5.32 Å². The van der Waals surface area contributed by atoms with Gasteiger partial charge in [0, 0.05) is 0 Å². The lowest BCUT2D eigenvalue weighted by molar-refractivity contribution is -0.176. The van der Waals surface area contributed by atoms with Gasteiger partial charge in [-0.05, 0) is 36.0 Å². The molecule has 0 aromatic heterocycles. The molecule has 3 N–H and O–H groups in total. The molecule has 1 aromatic rings. The van der Waals surface area contributed by atoms with Gasteiger partial charge < -0.3 is 11.1 Å². The average Bonchev–Trinajstić information content (AvgIpc) is 2.48. The van der Waals surface area contributed by atoms with E-state index in [-0.39, 0.29) is 11.6 Å². The molecule has 1 amide bonds. The number of halogens is 4. The monoisotopic (exact) mass is 348 g/mol. The van der Waals surface area contributed by atoms with Crippen LogP contribution in [0.15, 0.2) is 18.2 Å². The number of amides is 1. The molecule has 0 heterocycles. The third-order valence-corrected chi connectivity index (χ3v) is 4.28. The molecule has 0 saturated heterocycles. The van der Waals surface area contributed by atoms with Crippen molar-refractivity contribution in [2.45, 2.75) is 52.3 Å². The second kappa shape index (κ2) is 7.96. The maximum absolute atomic E-state index is 13.9. The van der Waals surface area contributed by atoms with Gasteiger partial charge in [0.15, 0.2) is 0 Å². The van der Waals surface area contributed by atoms with Crippen LogP contribution in [-0.4, -0.2) is 18.1 Å². The lowest BCUT2D eigenvalue weighted by atomic mass is 9.86. The molecular formula is C17H24F4N2O. The van der Waals surface area contributed by atoms with Crippen LogP contribution < -0.4 is 11.1 Å². The zero-order valence-electron chi connectivity index (χ0n) is 14.2. The fourth-order valence-electron chi connectivity index (χ4n) is 2.61. The average molecular weight is 348 g/mol. The van der Waals surface area contributed by atoms with Crippen molar-refractivity contribution in [3.8, 4) is 0 Å². The lowest BCUT2D eigenvalue weighted by Crippen LogP contribution is -2.46. The number of rotatable bonds is 6. The first-order valence-electron chi connectivity index (χ1n) is 7.91. The van der Waals surface area contributed by atoms with Crippen LogP contribution in [0.2, 0.25) is 0 Å². The van der Waals surface area contributed by atoms with Crippen molar-refractivity contribution in [3.05, 3.63) is 29.6 Å². The van der Waals surface area contributed by atoms with E-state index in [0.717, 1.165) is 18.9 Å². The Bertz CT molecular complexity index is 572. The highest BCUT2D eigenvalue weighted by Gasteiger charge is 2.42. The van der Waals surface area contributed by atoms with Gasteiger partial charge in [-0.2, -0.15) is 13.2 Å². The number of carbonyl (C=O) groups is 1. The van der Waals surface area contributed by atoms with E-state index in [4.69, 9.17) is 5.73 Å². The van der Waals surface area contributed by atoms with E-state index in [1.54, 1.807) is 6.07 Å². The molecule has 3 nitrogen and oxygen atoms in total. The van der Waals surface area contributed by atoms with E-state index < -0.39 is 29.9 Å². The van der Waals surface area contributed by atoms with E-state index in [1.807, 2.05) is 20.8 Å². The van der Waals surface area contributed by atoms with Crippen molar-refractivity contribution in [2.24, 2.45) is 17.6 Å². The molecule has 24 heavy (non-hydrogen) atoms. The van der Waals surface area contributed by atoms with Crippen molar-refractivity contribution >= 4 is 11.6 Å². The minimum atomic E-state index is -4.60. The number of hydrogen-bond acceptors (Lipinski definition) is 2. The molecule has 0 aliphatic rings. The normalized spacial score (nSPS) is 15.9. The summed E-state index contributed by atoms with van der Waals surface area (Å²) in [4.78, 5) is 11.9. The standard InChI is InChI=1S/C17H24F4N2O/c1-5-12(9(2)3)11-6-7-13(18)14(8-11)23-16(24)15(22)10(4)17(19,20)21/h6-10,12,15H,5,22H2,1-4H3,(H,23,24)/t10-,12?,15-/m1/s1. The van der Waals surface area contributed by atoms with E-state index in [0.29, 0.717) is 5.92 Å². The summed E-state index contributed by atoms with van der Waals surface area (Å²) in [5, 5.41) is 2.18. The Kier molecular flexibility index (Phi) is 6.77. The van der Waals surface area contributed by atoms with Gasteiger partial charge in [0.25, 0.3) is 0 Å². The van der Waals surface area contributed by atoms with Crippen molar-refractivity contribution in [1.29, 1.82) is 0 Å². The Morgan fingerprint density at radius 2 is 1.83 bits per heavy atom. The third kappa shape index (κ3) is 4.93. The van der Waals surface area contributed by atoms with Crippen molar-refractivity contribution in [1.82, 2.24) is 0 Å². The molecule has 3 atom stereocenters. The van der Waals surface area contributed by atoms with Gasteiger partial charge in [-0.15, -0.1) is 0 Å². The van der Waals surface area contributed by atoms with Gasteiger partial charge in [0.05, 0.1) is 17.6 Å². The topological polar surface area (TPSA) is 55.1 Å². The number of nitrogens with one attached hydrogen (secondary N) is 1. The first kappa shape index (κ1) is 20.4. The minimum Gasteiger partial charge on any atom is -0.322 e. The second-order valence-corrected chi connectivity index (χ2v) is 6.34. The highest BCUT2D eigenvalue weighted by molar-refractivity contribution is 5.95. The Morgan fingerprint density at radius 1 is 1.25 bits per heavy atom. The molecule has 0 fully saturated rings. The molecule has 1 unspecified atom stereocenters. The maximum Gasteiger partial charge on any atom is 0.393 e. The molecule has 0 saturated carbocycles. The Balaban J connectivity index is 3.00. The predicted octanol–water partition coefficient (Wildman–Crippen LogP) is 4.44. The summed E-state index contributed by atoms with van der Waals surface area (Å²) >= 11 is 0. The van der Waals surface area contributed by atoms with Crippen LogP contribution in [-0.2, 0) is 4.79 Å². The van der Waals surface area contributed by atoms with Crippen LogP contribution in [0.5, 0.6) is 0 Å². The summed E-state index contributed by atoms with van der Waals surface area (Å²) in [6.07, 6.45) is -3.77. The van der Waals surface area contributed by atoms with E-state index >= 15 is 0 Å². The quantitative estimate of drug-likeness (QED) is 0.747. The van der Waals surface area contributed by atoms with Gasteiger partial charge >= 0.3 is 6.18 Å². The number of nitrogens with two attached hydrogens (primary N) is 1. The molecular weight excluding hydrogens is 324 g/mol. The van der Waals surface area contributed by atoms with Crippen molar-refractivity contribution < 1.29 is 22.4 Å². The summed E-state index contributed by atoms with van der Waals surface area (Å²) < 4.78 is 51.9. The summed E-state index contributed by atoms with van der Waals surface area (Å²) in [6, 6.07) is 2.48. The highest BCUT2D eigenvalue weighted by atomic mass is 19.4. The Labute approximate surface area is 139 Å². The van der Waals surface area contributed by atoms with Crippen LogP contribution >= 0.6 is 0 Å². The molecule has 0 aliphatic carbocycles. The van der Waals surface area contributed by atoms with Crippen LogP contribution in [0.3, 0.4) is 0 Å².